The summed E-state index contributed by atoms with van der Waals surface area (Å²) in [7, 11) is -3.62. The maximum atomic E-state index is 12.6. The molecule has 170 valence electrons. The highest BCUT2D eigenvalue weighted by molar-refractivity contribution is 7.89. The summed E-state index contributed by atoms with van der Waals surface area (Å²) < 4.78 is 42.6. The number of carbonyl (C=O) groups excluding carboxylic acids is 2. The summed E-state index contributed by atoms with van der Waals surface area (Å²) in [5.41, 5.74) is 1.08. The number of benzene rings is 2. The van der Waals surface area contributed by atoms with Gasteiger partial charge in [-0.3, -0.25) is 0 Å². The lowest BCUT2D eigenvalue weighted by Gasteiger charge is -2.18. The number of ether oxygens (including phenoxy) is 2. The molecule has 0 atom stereocenters. The van der Waals surface area contributed by atoms with Gasteiger partial charge in [0.2, 0.25) is 15.8 Å². The van der Waals surface area contributed by atoms with Crippen molar-refractivity contribution in [2.75, 3.05) is 19.7 Å². The highest BCUT2D eigenvalue weighted by Gasteiger charge is 2.24. The Hall–Kier alpha value is -3.17. The molecule has 0 unspecified atom stereocenters. The number of hydrogen-bond donors (Lipinski definition) is 0. The summed E-state index contributed by atoms with van der Waals surface area (Å²) in [5, 5.41) is 0.643. The lowest BCUT2D eigenvalue weighted by Crippen LogP contribution is -2.30. The van der Waals surface area contributed by atoms with E-state index in [2.05, 4.69) is 0 Å². The summed E-state index contributed by atoms with van der Waals surface area (Å²) in [5.74, 6) is -1.31. The number of nitrogens with zero attached hydrogens (tertiary/aromatic N) is 1. The molecule has 0 saturated heterocycles. The molecular formula is C23H25NO7S. The predicted octanol–water partition coefficient (Wildman–Crippen LogP) is 4.00. The molecule has 9 heteroatoms. The minimum atomic E-state index is -3.62. The van der Waals surface area contributed by atoms with E-state index >= 15 is 0 Å². The molecular weight excluding hydrogens is 434 g/mol. The Morgan fingerprint density at radius 1 is 0.906 bits per heavy atom. The van der Waals surface area contributed by atoms with Crippen LogP contribution < -0.4 is 0 Å². The third-order valence-corrected chi connectivity index (χ3v) is 7.00. The first kappa shape index (κ1) is 23.5. The first-order chi connectivity index (χ1) is 15.3. The van der Waals surface area contributed by atoms with E-state index in [0.717, 1.165) is 0 Å². The van der Waals surface area contributed by atoms with Gasteiger partial charge in [0.05, 0.1) is 22.6 Å². The second-order valence-corrected chi connectivity index (χ2v) is 8.75. The summed E-state index contributed by atoms with van der Waals surface area (Å²) in [6.45, 7) is 5.88. The number of para-hydroxylation sites is 1. The van der Waals surface area contributed by atoms with Gasteiger partial charge in [-0.25, -0.2) is 18.0 Å². The van der Waals surface area contributed by atoms with Gasteiger partial charge in [0.25, 0.3) is 0 Å². The monoisotopic (exact) mass is 459 g/mol. The molecule has 0 aliphatic rings. The number of rotatable bonds is 9. The van der Waals surface area contributed by atoms with Crippen LogP contribution in [-0.4, -0.2) is 44.4 Å². The Kier molecular flexibility index (Phi) is 7.32. The lowest BCUT2D eigenvalue weighted by atomic mass is 10.1. The molecule has 0 bridgehead atoms. The van der Waals surface area contributed by atoms with Crippen molar-refractivity contribution in [1.82, 2.24) is 4.31 Å². The Bertz CT molecular complexity index is 1210. The molecule has 0 aliphatic carbocycles. The molecule has 3 aromatic rings. The van der Waals surface area contributed by atoms with Crippen LogP contribution in [0.5, 0.6) is 0 Å². The Balaban J connectivity index is 1.80. The van der Waals surface area contributed by atoms with E-state index in [1.807, 2.05) is 0 Å². The standard InChI is InChI=1S/C23H25NO7S/c1-4-24(5-2)32(27,28)17-13-11-16(12-14-17)22(25)30-15-19-18-9-7-8-10-20(18)31-21(19)23(26)29-6-3/h7-14H,4-6,15H2,1-3H3. The van der Waals surface area contributed by atoms with Crippen LogP contribution in [0.25, 0.3) is 11.0 Å². The van der Waals surface area contributed by atoms with Crippen LogP contribution in [0.1, 0.15) is 47.2 Å². The van der Waals surface area contributed by atoms with Crippen LogP contribution in [0.3, 0.4) is 0 Å². The minimum absolute atomic E-state index is 0.0125. The van der Waals surface area contributed by atoms with Gasteiger partial charge < -0.3 is 13.9 Å². The topological polar surface area (TPSA) is 103 Å². The van der Waals surface area contributed by atoms with Crippen molar-refractivity contribution in [3.63, 3.8) is 0 Å². The molecule has 0 fully saturated rings. The molecule has 0 spiro atoms. The van der Waals surface area contributed by atoms with Gasteiger partial charge in [-0.2, -0.15) is 4.31 Å². The summed E-state index contributed by atoms with van der Waals surface area (Å²) in [6, 6.07) is 12.6. The van der Waals surface area contributed by atoms with Crippen LogP contribution in [0.2, 0.25) is 0 Å². The molecule has 0 N–H and O–H groups in total. The molecule has 32 heavy (non-hydrogen) atoms. The molecule has 1 aromatic heterocycles. The molecule has 2 aromatic carbocycles. The van der Waals surface area contributed by atoms with Crippen LogP contribution in [-0.2, 0) is 26.1 Å². The second-order valence-electron chi connectivity index (χ2n) is 6.82. The molecule has 0 saturated carbocycles. The van der Waals surface area contributed by atoms with E-state index < -0.39 is 22.0 Å². The van der Waals surface area contributed by atoms with Crippen molar-refractivity contribution in [1.29, 1.82) is 0 Å². The molecule has 0 aliphatic heterocycles. The zero-order valence-corrected chi connectivity index (χ0v) is 19.0. The largest absolute Gasteiger partial charge is 0.460 e. The van der Waals surface area contributed by atoms with Crippen molar-refractivity contribution in [3.05, 3.63) is 65.4 Å². The quantitative estimate of drug-likeness (QED) is 0.446. The first-order valence-electron chi connectivity index (χ1n) is 10.3. The number of esters is 2. The maximum Gasteiger partial charge on any atom is 0.374 e. The van der Waals surface area contributed by atoms with E-state index in [9.17, 15) is 18.0 Å². The Morgan fingerprint density at radius 2 is 1.56 bits per heavy atom. The second kappa shape index (κ2) is 9.97. The maximum absolute atomic E-state index is 12.6. The van der Waals surface area contributed by atoms with Gasteiger partial charge in [0.15, 0.2) is 0 Å². The van der Waals surface area contributed by atoms with Gasteiger partial charge in [-0.15, -0.1) is 0 Å². The van der Waals surface area contributed by atoms with Gasteiger partial charge >= 0.3 is 11.9 Å². The molecule has 1 heterocycles. The minimum Gasteiger partial charge on any atom is -0.460 e. The molecule has 8 nitrogen and oxygen atoms in total. The third-order valence-electron chi connectivity index (χ3n) is 4.94. The van der Waals surface area contributed by atoms with Crippen molar-refractivity contribution >= 4 is 32.9 Å². The van der Waals surface area contributed by atoms with Gasteiger partial charge in [-0.1, -0.05) is 32.0 Å². The fraction of sp³-hybridized carbons (Fsp3) is 0.304. The summed E-state index contributed by atoms with van der Waals surface area (Å²) in [6.07, 6.45) is 0. The van der Waals surface area contributed by atoms with E-state index in [1.165, 1.54) is 28.6 Å². The number of furan rings is 1. The zero-order chi connectivity index (χ0) is 23.3. The number of fused-ring (bicyclic) bond motifs is 1. The highest BCUT2D eigenvalue weighted by Crippen LogP contribution is 2.27. The van der Waals surface area contributed by atoms with Crippen molar-refractivity contribution in [3.8, 4) is 0 Å². The highest BCUT2D eigenvalue weighted by atomic mass is 32.2. The lowest BCUT2D eigenvalue weighted by molar-refractivity contribution is 0.0435. The van der Waals surface area contributed by atoms with Crippen molar-refractivity contribution < 1.29 is 31.9 Å². The van der Waals surface area contributed by atoms with E-state index in [4.69, 9.17) is 13.9 Å². The summed E-state index contributed by atoms with van der Waals surface area (Å²) in [4.78, 5) is 24.9. The Morgan fingerprint density at radius 3 is 2.19 bits per heavy atom. The van der Waals surface area contributed by atoms with Crippen LogP contribution in [0, 0.1) is 0 Å². The summed E-state index contributed by atoms with van der Waals surface area (Å²) >= 11 is 0. The van der Waals surface area contributed by atoms with E-state index in [0.29, 0.717) is 29.6 Å². The predicted molar refractivity (Wildman–Crippen MR) is 118 cm³/mol. The normalized spacial score (nSPS) is 11.6. The van der Waals surface area contributed by atoms with Crippen LogP contribution >= 0.6 is 0 Å². The van der Waals surface area contributed by atoms with Crippen LogP contribution in [0.15, 0.2) is 57.8 Å². The van der Waals surface area contributed by atoms with Crippen LogP contribution in [0.4, 0.5) is 0 Å². The van der Waals surface area contributed by atoms with E-state index in [-0.39, 0.29) is 29.4 Å². The molecule has 3 rings (SSSR count). The fourth-order valence-corrected chi connectivity index (χ4v) is 4.76. The van der Waals surface area contributed by atoms with Gasteiger partial charge in [-0.05, 0) is 37.3 Å². The smallest absolute Gasteiger partial charge is 0.374 e. The number of hydrogen-bond acceptors (Lipinski definition) is 7. The first-order valence-corrected chi connectivity index (χ1v) is 11.7. The number of carbonyl (C=O) groups is 2. The average Bonchev–Trinajstić information content (AvgIpc) is 3.17. The van der Waals surface area contributed by atoms with E-state index in [1.54, 1.807) is 45.0 Å². The SMILES string of the molecule is CCOC(=O)c1oc2ccccc2c1COC(=O)c1ccc(S(=O)(=O)N(CC)CC)cc1. The van der Waals surface area contributed by atoms with Crippen molar-refractivity contribution in [2.24, 2.45) is 0 Å². The Labute approximate surface area is 186 Å². The fourth-order valence-electron chi connectivity index (χ4n) is 3.30. The molecule has 0 amide bonds. The zero-order valence-electron chi connectivity index (χ0n) is 18.2. The molecule has 0 radical (unpaired) electrons. The van der Waals surface area contributed by atoms with Gasteiger partial charge in [0.1, 0.15) is 12.2 Å². The number of sulfonamides is 1. The third kappa shape index (κ3) is 4.68. The van der Waals surface area contributed by atoms with Crippen molar-refractivity contribution in [2.45, 2.75) is 32.3 Å². The average molecular weight is 460 g/mol. The van der Waals surface area contributed by atoms with Gasteiger partial charge in [0, 0.05) is 18.5 Å².